The average molecular weight is 329 g/mol. The van der Waals surface area contributed by atoms with Gasteiger partial charge in [0.25, 0.3) is 0 Å². The first-order chi connectivity index (χ1) is 10.1. The molecule has 1 heterocycles. The fraction of sp³-hybridized carbons (Fsp3) is 0.375. The van der Waals surface area contributed by atoms with Crippen LogP contribution in [0.15, 0.2) is 28.9 Å². The number of alkyl halides is 1. The summed E-state index contributed by atoms with van der Waals surface area (Å²) in [7, 11) is 0. The van der Waals surface area contributed by atoms with Crippen LogP contribution >= 0.6 is 23.2 Å². The summed E-state index contributed by atoms with van der Waals surface area (Å²) < 4.78 is 16.5. The average Bonchev–Trinajstić information content (AvgIpc) is 2.87. The Morgan fingerprint density at radius 1 is 1.10 bits per heavy atom. The molecule has 0 aliphatic heterocycles. The van der Waals surface area contributed by atoms with Gasteiger partial charge in [-0.2, -0.15) is 0 Å². The predicted octanol–water partition coefficient (Wildman–Crippen LogP) is 5.37. The number of benzene rings is 1. The molecule has 1 unspecified atom stereocenters. The summed E-state index contributed by atoms with van der Waals surface area (Å²) in [5, 5.41) is 0.147. The van der Waals surface area contributed by atoms with Gasteiger partial charge in [0, 0.05) is 16.7 Å². The molecular weight excluding hydrogens is 311 g/mol. The van der Waals surface area contributed by atoms with Crippen LogP contribution in [0, 0.1) is 6.92 Å². The van der Waals surface area contributed by atoms with Gasteiger partial charge in [-0.25, -0.2) is 0 Å². The van der Waals surface area contributed by atoms with Crippen LogP contribution < -0.4 is 9.47 Å². The minimum atomic E-state index is -0.397. The first kappa shape index (κ1) is 16.1. The van der Waals surface area contributed by atoms with Crippen molar-refractivity contribution in [1.29, 1.82) is 0 Å². The van der Waals surface area contributed by atoms with Crippen molar-refractivity contribution in [1.82, 2.24) is 0 Å². The Bertz CT molecular complexity index is 608. The van der Waals surface area contributed by atoms with E-state index < -0.39 is 5.38 Å². The van der Waals surface area contributed by atoms with Crippen LogP contribution in [-0.4, -0.2) is 13.2 Å². The molecule has 0 spiro atoms. The maximum atomic E-state index is 6.54. The summed E-state index contributed by atoms with van der Waals surface area (Å²) in [6.07, 6.45) is 1.62. The molecule has 21 heavy (non-hydrogen) atoms. The van der Waals surface area contributed by atoms with E-state index in [1.165, 1.54) is 0 Å². The van der Waals surface area contributed by atoms with Crippen LogP contribution in [0.3, 0.4) is 0 Å². The number of hydrogen-bond donors (Lipinski definition) is 0. The van der Waals surface area contributed by atoms with Gasteiger partial charge in [0.2, 0.25) is 0 Å². The van der Waals surface area contributed by atoms with Crippen molar-refractivity contribution in [3.05, 3.63) is 46.4 Å². The molecule has 2 rings (SSSR count). The highest BCUT2D eigenvalue weighted by atomic mass is 35.5. The third-order valence-corrected chi connectivity index (χ3v) is 3.91. The topological polar surface area (TPSA) is 31.6 Å². The first-order valence-corrected chi connectivity index (χ1v) is 7.67. The zero-order chi connectivity index (χ0) is 15.4. The summed E-state index contributed by atoms with van der Waals surface area (Å²) in [5.74, 6) is 2.05. The maximum absolute atomic E-state index is 6.54. The summed E-state index contributed by atoms with van der Waals surface area (Å²) in [5.41, 5.74) is 1.67. The van der Waals surface area contributed by atoms with Gasteiger partial charge in [-0.3, -0.25) is 0 Å². The second kappa shape index (κ2) is 7.10. The minimum absolute atomic E-state index is 0.397. The van der Waals surface area contributed by atoms with E-state index in [4.69, 9.17) is 37.1 Å². The Balaban J connectivity index is 2.44. The minimum Gasteiger partial charge on any atom is -0.490 e. The van der Waals surface area contributed by atoms with E-state index >= 15 is 0 Å². The lowest BCUT2D eigenvalue weighted by molar-refractivity contribution is 0.287. The zero-order valence-corrected chi connectivity index (χ0v) is 13.8. The fourth-order valence-corrected chi connectivity index (χ4v) is 2.83. The van der Waals surface area contributed by atoms with Crippen LogP contribution in [-0.2, 0) is 0 Å². The predicted molar refractivity (Wildman–Crippen MR) is 84.9 cm³/mol. The Kier molecular flexibility index (Phi) is 5.43. The van der Waals surface area contributed by atoms with Gasteiger partial charge in [0.1, 0.15) is 5.76 Å². The molecule has 0 aliphatic rings. The Labute approximate surface area is 134 Å². The highest BCUT2D eigenvalue weighted by Crippen LogP contribution is 2.41. The Hall–Kier alpha value is -1.32. The molecule has 1 aromatic heterocycles. The van der Waals surface area contributed by atoms with Gasteiger partial charge in [-0.1, -0.05) is 11.6 Å². The third-order valence-electron chi connectivity index (χ3n) is 3.11. The van der Waals surface area contributed by atoms with E-state index in [-0.39, 0.29) is 0 Å². The van der Waals surface area contributed by atoms with Crippen molar-refractivity contribution in [3.8, 4) is 11.5 Å². The van der Waals surface area contributed by atoms with E-state index in [0.717, 1.165) is 16.9 Å². The van der Waals surface area contributed by atoms with Gasteiger partial charge in [-0.05, 0) is 38.5 Å². The van der Waals surface area contributed by atoms with E-state index in [0.29, 0.717) is 29.7 Å². The molecule has 0 fully saturated rings. The molecule has 0 bridgehead atoms. The van der Waals surface area contributed by atoms with Crippen LogP contribution in [0.5, 0.6) is 11.5 Å². The lowest BCUT2D eigenvalue weighted by Gasteiger charge is -2.16. The number of aryl methyl sites for hydroxylation is 1. The van der Waals surface area contributed by atoms with Crippen molar-refractivity contribution in [2.45, 2.75) is 26.1 Å². The van der Waals surface area contributed by atoms with Gasteiger partial charge in [-0.15, -0.1) is 11.6 Å². The standard InChI is InChI=1S/C16H18Cl2O3/c1-4-19-14-8-12(13(17)9-15(14)20-5-2)16(18)11-6-7-21-10(11)3/h6-9,16H,4-5H2,1-3H3. The molecule has 2 aromatic rings. The van der Waals surface area contributed by atoms with E-state index in [2.05, 4.69) is 0 Å². The largest absolute Gasteiger partial charge is 0.490 e. The highest BCUT2D eigenvalue weighted by molar-refractivity contribution is 6.33. The van der Waals surface area contributed by atoms with Crippen LogP contribution in [0.1, 0.15) is 36.1 Å². The van der Waals surface area contributed by atoms with E-state index in [1.54, 1.807) is 12.3 Å². The van der Waals surface area contributed by atoms with Crippen LogP contribution in [0.25, 0.3) is 0 Å². The monoisotopic (exact) mass is 328 g/mol. The fourth-order valence-electron chi connectivity index (χ4n) is 2.11. The zero-order valence-electron chi connectivity index (χ0n) is 12.3. The molecule has 1 atom stereocenters. The number of halogens is 2. The van der Waals surface area contributed by atoms with Gasteiger partial charge in [0.15, 0.2) is 11.5 Å². The van der Waals surface area contributed by atoms with Crippen molar-refractivity contribution in [3.63, 3.8) is 0 Å². The van der Waals surface area contributed by atoms with Crippen molar-refractivity contribution < 1.29 is 13.9 Å². The molecule has 0 amide bonds. The maximum Gasteiger partial charge on any atom is 0.162 e. The molecule has 0 saturated carbocycles. The SMILES string of the molecule is CCOc1cc(Cl)c(C(Cl)c2ccoc2C)cc1OCC. The van der Waals surface area contributed by atoms with Gasteiger partial charge in [0.05, 0.1) is 24.9 Å². The molecule has 0 radical (unpaired) electrons. The number of furan rings is 1. The lowest BCUT2D eigenvalue weighted by Crippen LogP contribution is -2.02. The summed E-state index contributed by atoms with van der Waals surface area (Å²) in [6.45, 7) is 6.79. The number of rotatable bonds is 6. The summed E-state index contributed by atoms with van der Waals surface area (Å²) in [6, 6.07) is 5.43. The second-order valence-corrected chi connectivity index (χ2v) is 5.32. The molecule has 3 nitrogen and oxygen atoms in total. The van der Waals surface area contributed by atoms with Crippen molar-refractivity contribution in [2.24, 2.45) is 0 Å². The van der Waals surface area contributed by atoms with Gasteiger partial charge >= 0.3 is 0 Å². The molecular formula is C16H18Cl2O3. The highest BCUT2D eigenvalue weighted by Gasteiger charge is 2.21. The number of ether oxygens (including phenoxy) is 2. The lowest BCUT2D eigenvalue weighted by atomic mass is 10.0. The molecule has 114 valence electrons. The molecule has 0 saturated heterocycles. The Morgan fingerprint density at radius 3 is 2.24 bits per heavy atom. The summed E-state index contributed by atoms with van der Waals surface area (Å²) >= 11 is 12.9. The van der Waals surface area contributed by atoms with Crippen LogP contribution in [0.4, 0.5) is 0 Å². The van der Waals surface area contributed by atoms with Gasteiger partial charge < -0.3 is 13.9 Å². The normalized spacial score (nSPS) is 12.2. The third kappa shape index (κ3) is 3.47. The smallest absolute Gasteiger partial charge is 0.162 e. The second-order valence-electron chi connectivity index (χ2n) is 4.48. The van der Waals surface area contributed by atoms with Crippen LogP contribution in [0.2, 0.25) is 5.02 Å². The van der Waals surface area contributed by atoms with E-state index in [9.17, 15) is 0 Å². The molecule has 0 N–H and O–H groups in total. The van der Waals surface area contributed by atoms with Crippen molar-refractivity contribution >= 4 is 23.2 Å². The van der Waals surface area contributed by atoms with E-state index in [1.807, 2.05) is 32.9 Å². The molecule has 0 aliphatic carbocycles. The number of hydrogen-bond acceptors (Lipinski definition) is 3. The molecule has 1 aromatic carbocycles. The quantitative estimate of drug-likeness (QED) is 0.668. The van der Waals surface area contributed by atoms with Crippen molar-refractivity contribution in [2.75, 3.05) is 13.2 Å². The Morgan fingerprint density at radius 2 is 1.71 bits per heavy atom. The molecule has 5 heteroatoms. The summed E-state index contributed by atoms with van der Waals surface area (Å²) in [4.78, 5) is 0. The first-order valence-electron chi connectivity index (χ1n) is 6.85.